The van der Waals surface area contributed by atoms with Crippen molar-refractivity contribution in [1.29, 1.82) is 0 Å². The summed E-state index contributed by atoms with van der Waals surface area (Å²) in [5.74, 6) is 1.27. The topological polar surface area (TPSA) is 67.9 Å². The summed E-state index contributed by atoms with van der Waals surface area (Å²) >= 11 is 0. The Bertz CT molecular complexity index is 544. The minimum Gasteiger partial charge on any atom is -0.497 e. The number of amides is 2. The van der Waals surface area contributed by atoms with E-state index in [2.05, 4.69) is 12.2 Å². The monoisotopic (exact) mass is 334 g/mol. The molecule has 132 valence electrons. The summed E-state index contributed by atoms with van der Waals surface area (Å²) in [6.45, 7) is 4.18. The van der Waals surface area contributed by atoms with Gasteiger partial charge in [0, 0.05) is 19.5 Å². The van der Waals surface area contributed by atoms with Gasteiger partial charge in [0.05, 0.1) is 19.6 Å². The molecule has 1 aromatic carbocycles. The lowest BCUT2D eigenvalue weighted by atomic mass is 10.1. The Balaban J connectivity index is 1.67. The molecule has 2 rings (SSSR count). The van der Waals surface area contributed by atoms with Crippen molar-refractivity contribution in [3.05, 3.63) is 24.3 Å². The predicted octanol–water partition coefficient (Wildman–Crippen LogP) is 1.84. The maximum Gasteiger partial charge on any atom is 0.225 e. The molecule has 24 heavy (non-hydrogen) atoms. The van der Waals surface area contributed by atoms with E-state index in [4.69, 9.17) is 9.47 Å². The summed E-state index contributed by atoms with van der Waals surface area (Å²) in [6.07, 6.45) is 2.34. The fourth-order valence-corrected chi connectivity index (χ4v) is 2.67. The van der Waals surface area contributed by atoms with E-state index in [1.807, 2.05) is 24.3 Å². The molecule has 1 N–H and O–H groups in total. The molecule has 0 radical (unpaired) electrons. The van der Waals surface area contributed by atoms with Crippen molar-refractivity contribution in [3.8, 4) is 11.5 Å². The molecule has 6 nitrogen and oxygen atoms in total. The lowest BCUT2D eigenvalue weighted by Gasteiger charge is -2.16. The predicted molar refractivity (Wildman–Crippen MR) is 91.1 cm³/mol. The van der Waals surface area contributed by atoms with Crippen LogP contribution in [0.3, 0.4) is 0 Å². The molecule has 6 heteroatoms. The maximum atomic E-state index is 12.1. The van der Waals surface area contributed by atoms with E-state index < -0.39 is 0 Å². The zero-order chi connectivity index (χ0) is 17.4. The molecule has 2 amide bonds. The van der Waals surface area contributed by atoms with Crippen LogP contribution in [0.15, 0.2) is 24.3 Å². The lowest BCUT2D eigenvalue weighted by Crippen LogP contribution is -2.35. The second-order valence-electron chi connectivity index (χ2n) is 5.91. The zero-order valence-electron chi connectivity index (χ0n) is 14.4. The highest BCUT2D eigenvalue weighted by molar-refractivity contribution is 5.89. The largest absolute Gasteiger partial charge is 0.497 e. The van der Waals surface area contributed by atoms with Gasteiger partial charge in [-0.05, 0) is 30.7 Å². The van der Waals surface area contributed by atoms with Crippen LogP contribution in [0.2, 0.25) is 0 Å². The quantitative estimate of drug-likeness (QED) is 0.700. The molecule has 1 fully saturated rings. The first-order valence-electron chi connectivity index (χ1n) is 8.46. The number of methoxy groups -OCH3 is 1. The normalized spacial score (nSPS) is 17.0. The van der Waals surface area contributed by atoms with Gasteiger partial charge in [0.1, 0.15) is 18.1 Å². The van der Waals surface area contributed by atoms with Crippen molar-refractivity contribution < 1.29 is 19.1 Å². The third-order valence-corrected chi connectivity index (χ3v) is 4.10. The van der Waals surface area contributed by atoms with Gasteiger partial charge in [-0.2, -0.15) is 0 Å². The van der Waals surface area contributed by atoms with Crippen LogP contribution in [-0.2, 0) is 9.59 Å². The number of ether oxygens (including phenoxy) is 2. The SMILES string of the molecule is CCCCN1CC(C(=O)NCCOc2ccc(OC)cc2)CC1=O. The molecular weight excluding hydrogens is 308 g/mol. The number of rotatable bonds is 9. The minimum atomic E-state index is -0.240. The molecule has 1 aliphatic heterocycles. The Kier molecular flexibility index (Phi) is 6.90. The molecule has 0 bridgehead atoms. The van der Waals surface area contributed by atoms with Crippen molar-refractivity contribution in [2.75, 3.05) is 33.4 Å². The van der Waals surface area contributed by atoms with Crippen molar-refractivity contribution in [1.82, 2.24) is 10.2 Å². The van der Waals surface area contributed by atoms with Crippen molar-refractivity contribution in [2.24, 2.45) is 5.92 Å². The summed E-state index contributed by atoms with van der Waals surface area (Å²) < 4.78 is 10.6. The highest BCUT2D eigenvalue weighted by Gasteiger charge is 2.33. The first-order valence-corrected chi connectivity index (χ1v) is 8.46. The number of hydrogen-bond acceptors (Lipinski definition) is 4. The average Bonchev–Trinajstić information content (AvgIpc) is 2.98. The van der Waals surface area contributed by atoms with E-state index in [1.165, 1.54) is 0 Å². The van der Waals surface area contributed by atoms with Crippen LogP contribution in [0.5, 0.6) is 11.5 Å². The fraction of sp³-hybridized carbons (Fsp3) is 0.556. The van der Waals surface area contributed by atoms with Crippen molar-refractivity contribution in [3.63, 3.8) is 0 Å². The molecule has 0 aromatic heterocycles. The van der Waals surface area contributed by atoms with Crippen molar-refractivity contribution >= 4 is 11.8 Å². The highest BCUT2D eigenvalue weighted by atomic mass is 16.5. The van der Waals surface area contributed by atoms with Crippen LogP contribution in [0, 0.1) is 5.92 Å². The fourth-order valence-electron chi connectivity index (χ4n) is 2.67. The third-order valence-electron chi connectivity index (χ3n) is 4.10. The van der Waals surface area contributed by atoms with E-state index in [0.29, 0.717) is 26.1 Å². The van der Waals surface area contributed by atoms with Gasteiger partial charge in [-0.25, -0.2) is 0 Å². The van der Waals surface area contributed by atoms with Crippen LogP contribution >= 0.6 is 0 Å². The summed E-state index contributed by atoms with van der Waals surface area (Å²) in [5.41, 5.74) is 0. The highest BCUT2D eigenvalue weighted by Crippen LogP contribution is 2.19. The van der Waals surface area contributed by atoms with Gasteiger partial charge < -0.3 is 19.7 Å². The Morgan fingerprint density at radius 1 is 1.29 bits per heavy atom. The minimum absolute atomic E-state index is 0.0688. The molecular formula is C18H26N2O4. The van der Waals surface area contributed by atoms with E-state index >= 15 is 0 Å². The van der Waals surface area contributed by atoms with Crippen LogP contribution in [0.4, 0.5) is 0 Å². The second-order valence-corrected chi connectivity index (χ2v) is 5.91. The van der Waals surface area contributed by atoms with Gasteiger partial charge in [-0.15, -0.1) is 0 Å². The summed E-state index contributed by atoms with van der Waals surface area (Å²) in [5, 5.41) is 2.85. The Hall–Kier alpha value is -2.24. The smallest absolute Gasteiger partial charge is 0.225 e. The van der Waals surface area contributed by atoms with Crippen molar-refractivity contribution in [2.45, 2.75) is 26.2 Å². The van der Waals surface area contributed by atoms with Gasteiger partial charge in [0.2, 0.25) is 11.8 Å². The number of hydrogen-bond donors (Lipinski definition) is 1. The molecule has 1 aliphatic rings. The van der Waals surface area contributed by atoms with Crippen LogP contribution in [0.1, 0.15) is 26.2 Å². The number of nitrogens with one attached hydrogen (secondary N) is 1. The Labute approximate surface area is 143 Å². The van der Waals surface area contributed by atoms with Gasteiger partial charge >= 0.3 is 0 Å². The van der Waals surface area contributed by atoms with E-state index in [0.717, 1.165) is 30.9 Å². The number of nitrogens with zero attached hydrogens (tertiary/aromatic N) is 1. The Morgan fingerprint density at radius 2 is 2.00 bits per heavy atom. The lowest BCUT2D eigenvalue weighted by molar-refractivity contribution is -0.129. The molecule has 1 saturated heterocycles. The molecule has 1 heterocycles. The van der Waals surface area contributed by atoms with Gasteiger partial charge in [-0.1, -0.05) is 13.3 Å². The van der Waals surface area contributed by atoms with Gasteiger partial charge in [0.25, 0.3) is 0 Å². The summed E-state index contributed by atoms with van der Waals surface area (Å²) in [4.78, 5) is 25.8. The number of likely N-dealkylation sites (tertiary alicyclic amines) is 1. The summed E-state index contributed by atoms with van der Waals surface area (Å²) in [6, 6.07) is 7.29. The number of unbranched alkanes of at least 4 members (excludes halogenated alkanes) is 1. The van der Waals surface area contributed by atoms with Gasteiger partial charge in [0.15, 0.2) is 0 Å². The Morgan fingerprint density at radius 3 is 2.67 bits per heavy atom. The number of carbonyl (C=O) groups excluding carboxylic acids is 2. The maximum absolute atomic E-state index is 12.1. The average molecular weight is 334 g/mol. The standard InChI is InChI=1S/C18H26N2O4/c1-3-4-10-20-13-14(12-17(20)21)18(22)19-9-11-24-16-7-5-15(23-2)6-8-16/h5-8,14H,3-4,9-13H2,1-2H3,(H,19,22). The van der Waals surface area contributed by atoms with E-state index in [-0.39, 0.29) is 17.7 Å². The summed E-state index contributed by atoms with van der Waals surface area (Å²) in [7, 11) is 1.61. The zero-order valence-corrected chi connectivity index (χ0v) is 14.4. The number of carbonyl (C=O) groups is 2. The molecule has 1 aromatic rings. The third kappa shape index (κ3) is 5.15. The number of benzene rings is 1. The molecule has 0 spiro atoms. The molecule has 0 saturated carbocycles. The molecule has 1 atom stereocenters. The van der Waals surface area contributed by atoms with E-state index in [9.17, 15) is 9.59 Å². The first kappa shape index (κ1) is 18.1. The van der Waals surface area contributed by atoms with Crippen LogP contribution in [-0.4, -0.2) is 50.1 Å². The van der Waals surface area contributed by atoms with Crippen LogP contribution in [0.25, 0.3) is 0 Å². The van der Waals surface area contributed by atoms with Crippen LogP contribution < -0.4 is 14.8 Å². The second kappa shape index (κ2) is 9.15. The molecule has 0 aliphatic carbocycles. The van der Waals surface area contributed by atoms with E-state index in [1.54, 1.807) is 12.0 Å². The molecule has 1 unspecified atom stereocenters. The van der Waals surface area contributed by atoms with Gasteiger partial charge in [-0.3, -0.25) is 9.59 Å². The first-order chi connectivity index (χ1) is 11.6.